The van der Waals surface area contributed by atoms with Gasteiger partial charge in [-0.1, -0.05) is 113 Å². The molecule has 2 aromatic rings. The number of esters is 2. The third kappa shape index (κ3) is 17.7. The Hall–Kier alpha value is -2.55. The van der Waals surface area contributed by atoms with Crippen molar-refractivity contribution in [3.8, 4) is 11.1 Å². The number of carbonyl (C=O) groups excluding carboxylic acids is 2. The Morgan fingerprint density at radius 2 is 1.36 bits per heavy atom. The number of unbranched alkanes of at least 4 members (excludes halogenated alkanes) is 8. The molecule has 10 heteroatoms. The minimum atomic E-state index is -4.65. The van der Waals surface area contributed by atoms with Crippen LogP contribution in [-0.4, -0.2) is 70.0 Å². The summed E-state index contributed by atoms with van der Waals surface area (Å²) in [5, 5.41) is 0. The van der Waals surface area contributed by atoms with Gasteiger partial charge in [0, 0.05) is 6.42 Å². The molecule has 0 saturated carbocycles. The minimum Gasteiger partial charge on any atom is -0.756 e. The second-order valence-corrected chi connectivity index (χ2v) is 13.6. The van der Waals surface area contributed by atoms with E-state index in [1.807, 2.05) is 75.7 Å². The normalized spacial score (nSPS) is 13.7. The highest BCUT2D eigenvalue weighted by Crippen LogP contribution is 2.38. The second kappa shape index (κ2) is 20.5. The standard InChI is InChI=1S/C34H52NO8P/c1-5-6-7-8-9-10-11-12-16-19-33(36)40-27-32(28-42-44(38,39)41-25-24-35(2,3)4)43-34(37)26-29-20-22-31(23-21-29)30-17-14-13-15-18-30/h13-15,17-18,20-23,32H,5-12,16,19,24-28H2,1-4H3/t32-/m1/s1. The first-order chi connectivity index (χ1) is 21.0. The highest BCUT2D eigenvalue weighted by atomic mass is 31.2. The van der Waals surface area contributed by atoms with Crippen molar-refractivity contribution in [2.45, 2.75) is 83.7 Å². The Kier molecular flexibility index (Phi) is 17.5. The molecule has 9 nitrogen and oxygen atoms in total. The predicted octanol–water partition coefficient (Wildman–Crippen LogP) is 6.48. The van der Waals surface area contributed by atoms with Gasteiger partial charge in [-0.15, -0.1) is 0 Å². The maximum absolute atomic E-state index is 12.8. The fourth-order valence-corrected chi connectivity index (χ4v) is 5.16. The molecule has 246 valence electrons. The number of quaternary nitrogens is 1. The SMILES string of the molecule is CCCCCCCCCCCC(=O)OC[C@H](COP(=O)([O-])OCC[N+](C)(C)C)OC(=O)Cc1ccc(-c2ccccc2)cc1. The Bertz CT molecular complexity index is 1130. The van der Waals surface area contributed by atoms with Crippen LogP contribution in [0.4, 0.5) is 0 Å². The summed E-state index contributed by atoms with van der Waals surface area (Å²) in [5.41, 5.74) is 2.81. The highest BCUT2D eigenvalue weighted by Gasteiger charge is 2.22. The topological polar surface area (TPSA) is 111 Å². The summed E-state index contributed by atoms with van der Waals surface area (Å²) in [6, 6.07) is 17.4. The van der Waals surface area contributed by atoms with Gasteiger partial charge in [0.25, 0.3) is 7.82 Å². The van der Waals surface area contributed by atoms with Crippen LogP contribution in [0.2, 0.25) is 0 Å². The minimum absolute atomic E-state index is 0.0347. The molecule has 0 fully saturated rings. The van der Waals surface area contributed by atoms with E-state index in [1.165, 1.54) is 32.1 Å². The molecule has 0 aliphatic heterocycles. The van der Waals surface area contributed by atoms with Crippen LogP contribution in [0.25, 0.3) is 11.1 Å². The number of phosphoric acid groups is 1. The molecule has 2 rings (SSSR count). The van der Waals surface area contributed by atoms with Gasteiger partial charge in [0.15, 0.2) is 6.10 Å². The van der Waals surface area contributed by atoms with E-state index in [2.05, 4.69) is 6.92 Å². The van der Waals surface area contributed by atoms with Crippen molar-refractivity contribution in [2.75, 3.05) is 47.5 Å². The number of ether oxygens (including phenoxy) is 2. The number of carbonyl (C=O) groups is 2. The fraction of sp³-hybridized carbons (Fsp3) is 0.588. The molecule has 2 aromatic carbocycles. The molecule has 0 aliphatic rings. The third-order valence-corrected chi connectivity index (χ3v) is 8.02. The maximum Gasteiger partial charge on any atom is 0.310 e. The summed E-state index contributed by atoms with van der Waals surface area (Å²) >= 11 is 0. The van der Waals surface area contributed by atoms with E-state index < -0.39 is 32.5 Å². The lowest BCUT2D eigenvalue weighted by Gasteiger charge is -2.28. The molecule has 2 atom stereocenters. The van der Waals surface area contributed by atoms with E-state index in [0.29, 0.717) is 17.4 Å². The molecular weight excluding hydrogens is 581 g/mol. The molecule has 44 heavy (non-hydrogen) atoms. The van der Waals surface area contributed by atoms with Crippen molar-refractivity contribution in [1.29, 1.82) is 0 Å². The lowest BCUT2D eigenvalue weighted by molar-refractivity contribution is -0.870. The van der Waals surface area contributed by atoms with E-state index >= 15 is 0 Å². The molecule has 0 amide bonds. The smallest absolute Gasteiger partial charge is 0.310 e. The summed E-state index contributed by atoms with van der Waals surface area (Å²) < 4.78 is 33.7. The Morgan fingerprint density at radius 3 is 1.98 bits per heavy atom. The molecule has 0 saturated heterocycles. The summed E-state index contributed by atoms with van der Waals surface area (Å²) in [4.78, 5) is 37.5. The number of nitrogens with zero attached hydrogens (tertiary/aromatic N) is 1. The Labute approximate surface area is 264 Å². The van der Waals surface area contributed by atoms with E-state index in [4.69, 9.17) is 18.5 Å². The molecule has 0 bridgehead atoms. The molecular formula is C34H52NO8P. The van der Waals surface area contributed by atoms with Crippen LogP contribution in [0.3, 0.4) is 0 Å². The van der Waals surface area contributed by atoms with Crippen molar-refractivity contribution >= 4 is 19.8 Å². The van der Waals surface area contributed by atoms with Crippen LogP contribution in [0.15, 0.2) is 54.6 Å². The monoisotopic (exact) mass is 633 g/mol. The third-order valence-electron chi connectivity index (χ3n) is 7.05. The molecule has 0 heterocycles. The van der Waals surface area contributed by atoms with E-state index in [0.717, 1.165) is 36.0 Å². The number of hydrogen-bond donors (Lipinski definition) is 0. The molecule has 0 aromatic heterocycles. The van der Waals surface area contributed by atoms with E-state index in [1.54, 1.807) is 0 Å². The summed E-state index contributed by atoms with van der Waals surface area (Å²) in [6.07, 6.45) is 9.27. The maximum atomic E-state index is 12.8. The van der Waals surface area contributed by atoms with Crippen molar-refractivity contribution in [2.24, 2.45) is 0 Å². The highest BCUT2D eigenvalue weighted by molar-refractivity contribution is 7.45. The number of benzene rings is 2. The fourth-order valence-electron chi connectivity index (χ4n) is 4.43. The predicted molar refractivity (Wildman–Crippen MR) is 171 cm³/mol. The van der Waals surface area contributed by atoms with Gasteiger partial charge in [-0.05, 0) is 23.1 Å². The first kappa shape index (κ1) is 37.6. The Morgan fingerprint density at radius 1 is 0.773 bits per heavy atom. The van der Waals surface area contributed by atoms with Crippen molar-refractivity contribution in [3.05, 3.63) is 60.2 Å². The van der Waals surface area contributed by atoms with E-state index in [9.17, 15) is 19.0 Å². The van der Waals surface area contributed by atoms with Crippen LogP contribution < -0.4 is 4.89 Å². The zero-order valence-corrected chi connectivity index (χ0v) is 27.9. The number of phosphoric ester groups is 1. The number of hydrogen-bond acceptors (Lipinski definition) is 8. The van der Waals surface area contributed by atoms with Gasteiger partial charge in [-0.25, -0.2) is 0 Å². The van der Waals surface area contributed by atoms with Crippen LogP contribution in [-0.2, 0) is 39.1 Å². The van der Waals surface area contributed by atoms with Crippen molar-refractivity contribution in [1.82, 2.24) is 0 Å². The summed E-state index contributed by atoms with van der Waals surface area (Å²) in [7, 11) is 1.08. The summed E-state index contributed by atoms with van der Waals surface area (Å²) in [6.45, 7) is 1.77. The average Bonchev–Trinajstić information content (AvgIpc) is 2.97. The van der Waals surface area contributed by atoms with Crippen molar-refractivity contribution < 1.29 is 42.1 Å². The largest absolute Gasteiger partial charge is 0.756 e. The lowest BCUT2D eigenvalue weighted by atomic mass is 10.0. The zero-order valence-electron chi connectivity index (χ0n) is 27.0. The van der Waals surface area contributed by atoms with Crippen LogP contribution in [0.1, 0.15) is 76.7 Å². The van der Waals surface area contributed by atoms with Gasteiger partial charge in [0.1, 0.15) is 19.8 Å². The van der Waals surface area contributed by atoms with Gasteiger partial charge in [-0.3, -0.25) is 14.2 Å². The second-order valence-electron chi connectivity index (χ2n) is 12.2. The van der Waals surface area contributed by atoms with Gasteiger partial charge in [0.05, 0.1) is 34.2 Å². The van der Waals surface area contributed by atoms with Gasteiger partial charge in [0.2, 0.25) is 0 Å². The van der Waals surface area contributed by atoms with Crippen LogP contribution >= 0.6 is 7.82 Å². The first-order valence-corrected chi connectivity index (χ1v) is 17.3. The Balaban J connectivity index is 1.86. The molecule has 0 aliphatic carbocycles. The molecule has 1 unspecified atom stereocenters. The van der Waals surface area contributed by atoms with Gasteiger partial charge < -0.3 is 27.9 Å². The van der Waals surface area contributed by atoms with Crippen LogP contribution in [0, 0.1) is 0 Å². The van der Waals surface area contributed by atoms with Gasteiger partial charge in [-0.2, -0.15) is 0 Å². The number of likely N-dealkylation sites (N-methyl/N-ethyl adjacent to an activating group) is 1. The van der Waals surface area contributed by atoms with E-state index in [-0.39, 0.29) is 26.1 Å². The summed E-state index contributed by atoms with van der Waals surface area (Å²) in [5.74, 6) is -1.01. The van der Waals surface area contributed by atoms with Crippen molar-refractivity contribution in [3.63, 3.8) is 0 Å². The number of rotatable bonds is 23. The average molecular weight is 634 g/mol. The van der Waals surface area contributed by atoms with Crippen LogP contribution in [0.5, 0.6) is 0 Å². The molecule has 0 N–H and O–H groups in total. The first-order valence-electron chi connectivity index (χ1n) is 15.9. The van der Waals surface area contributed by atoms with Gasteiger partial charge >= 0.3 is 11.9 Å². The zero-order chi connectivity index (χ0) is 32.3. The molecule has 0 spiro atoms. The lowest BCUT2D eigenvalue weighted by Crippen LogP contribution is -2.37. The quantitative estimate of drug-likeness (QED) is 0.0592. The molecule has 0 radical (unpaired) electrons.